The average molecular weight is 605 g/mol. The van der Waals surface area contributed by atoms with Crippen molar-refractivity contribution in [2.75, 3.05) is 12.4 Å². The number of nitrogens with zero attached hydrogens (tertiary/aromatic N) is 2. The van der Waals surface area contributed by atoms with Gasteiger partial charge in [0.15, 0.2) is 11.5 Å². The lowest BCUT2D eigenvalue weighted by Gasteiger charge is -2.11. The normalized spacial score (nSPS) is 11.3. The summed E-state index contributed by atoms with van der Waals surface area (Å²) in [6.07, 6.45) is 1.32. The summed E-state index contributed by atoms with van der Waals surface area (Å²) in [5.41, 5.74) is 0.490. The lowest BCUT2D eigenvalue weighted by molar-refractivity contribution is -0.384. The van der Waals surface area contributed by atoms with E-state index >= 15 is 0 Å². The summed E-state index contributed by atoms with van der Waals surface area (Å²) in [4.78, 5) is 22.4. The summed E-state index contributed by atoms with van der Waals surface area (Å²) < 4.78 is 36.3. The predicted molar refractivity (Wildman–Crippen MR) is 135 cm³/mol. The summed E-state index contributed by atoms with van der Waals surface area (Å²) >= 11 is 2.06. The van der Waals surface area contributed by atoms with Crippen molar-refractivity contribution < 1.29 is 27.1 Å². The number of nitro benzene ring substituents is 1. The van der Waals surface area contributed by atoms with E-state index < -0.39 is 20.9 Å². The van der Waals surface area contributed by atoms with E-state index in [0.717, 1.165) is 27.8 Å². The van der Waals surface area contributed by atoms with Crippen molar-refractivity contribution in [1.82, 2.24) is 0 Å². The fraction of sp³-hybridized carbons (Fsp3) is 0.0435. The third kappa shape index (κ3) is 6.34. The number of methoxy groups -OCH3 is 1. The third-order valence-corrected chi connectivity index (χ3v) is 6.71. The Morgan fingerprint density at radius 3 is 2.40 bits per heavy atom. The molecule has 0 saturated carbocycles. The summed E-state index contributed by atoms with van der Waals surface area (Å²) in [5.74, 6) is -0.735. The van der Waals surface area contributed by atoms with Crippen LogP contribution in [0.3, 0.4) is 0 Å². The average Bonchev–Trinajstić information content (AvgIpc) is 2.84. The van der Waals surface area contributed by atoms with Gasteiger partial charge in [-0.15, -0.1) is 0 Å². The highest BCUT2D eigenvalue weighted by Gasteiger charge is 2.21. The van der Waals surface area contributed by atoms with Crippen LogP contribution in [-0.2, 0) is 14.9 Å². The number of amides is 1. The van der Waals surface area contributed by atoms with Crippen LogP contribution in [0.15, 0.2) is 77.2 Å². The number of hydrogen-bond donors (Lipinski definition) is 1. The summed E-state index contributed by atoms with van der Waals surface area (Å²) in [7, 11) is -3.02. The van der Waals surface area contributed by atoms with Crippen LogP contribution >= 0.6 is 22.6 Å². The maximum absolute atomic E-state index is 12.6. The van der Waals surface area contributed by atoms with Crippen LogP contribution < -0.4 is 14.2 Å². The lowest BCUT2D eigenvalue weighted by atomic mass is 10.1. The van der Waals surface area contributed by atoms with Crippen LogP contribution in [0.25, 0.3) is 6.08 Å². The molecule has 178 valence electrons. The van der Waals surface area contributed by atoms with Gasteiger partial charge >= 0.3 is 10.1 Å². The van der Waals surface area contributed by atoms with Crippen LogP contribution in [-0.4, -0.2) is 26.4 Å². The van der Waals surface area contributed by atoms with Gasteiger partial charge in [0.2, 0.25) is 0 Å². The van der Waals surface area contributed by atoms with E-state index in [1.165, 1.54) is 31.4 Å². The Morgan fingerprint density at radius 1 is 1.11 bits per heavy atom. The Balaban J connectivity index is 1.84. The number of halogens is 1. The molecule has 3 rings (SSSR count). The Bertz CT molecular complexity index is 1460. The molecule has 1 N–H and O–H groups in total. The Kier molecular flexibility index (Phi) is 8.05. The van der Waals surface area contributed by atoms with E-state index in [4.69, 9.17) is 8.92 Å². The first kappa shape index (κ1) is 25.7. The predicted octanol–water partition coefficient (Wildman–Crippen LogP) is 4.52. The van der Waals surface area contributed by atoms with Crippen LogP contribution in [0.2, 0.25) is 0 Å². The number of nitro groups is 1. The molecule has 0 heterocycles. The molecule has 3 aromatic carbocycles. The van der Waals surface area contributed by atoms with Gasteiger partial charge in [0, 0.05) is 15.7 Å². The van der Waals surface area contributed by atoms with E-state index in [1.54, 1.807) is 18.2 Å². The molecule has 0 saturated heterocycles. The smallest absolute Gasteiger partial charge is 0.339 e. The fourth-order valence-corrected chi connectivity index (χ4v) is 4.27. The molecule has 0 spiro atoms. The monoisotopic (exact) mass is 605 g/mol. The molecule has 0 fully saturated rings. The number of para-hydroxylation sites is 1. The number of nitriles is 1. The van der Waals surface area contributed by atoms with Gasteiger partial charge in [0.25, 0.3) is 11.6 Å². The molecule has 0 unspecified atom stereocenters. The number of benzene rings is 3. The van der Waals surface area contributed by atoms with Crippen molar-refractivity contribution in [2.24, 2.45) is 0 Å². The molecule has 0 atom stereocenters. The maximum Gasteiger partial charge on any atom is 0.339 e. The second kappa shape index (κ2) is 11.0. The first-order valence-electron chi connectivity index (χ1n) is 9.69. The van der Waals surface area contributed by atoms with E-state index in [1.807, 2.05) is 12.1 Å². The van der Waals surface area contributed by atoms with Crippen molar-refractivity contribution in [3.05, 3.63) is 91.6 Å². The number of rotatable bonds is 8. The van der Waals surface area contributed by atoms with E-state index in [9.17, 15) is 28.6 Å². The first-order valence-corrected chi connectivity index (χ1v) is 12.2. The van der Waals surface area contributed by atoms with Crippen molar-refractivity contribution in [3.8, 4) is 17.6 Å². The number of nitrogens with one attached hydrogen (secondary N) is 1. The maximum atomic E-state index is 12.6. The van der Waals surface area contributed by atoms with Gasteiger partial charge < -0.3 is 14.2 Å². The Morgan fingerprint density at radius 2 is 1.80 bits per heavy atom. The van der Waals surface area contributed by atoms with Crippen LogP contribution in [0, 0.1) is 25.0 Å². The zero-order valence-corrected chi connectivity index (χ0v) is 20.9. The molecule has 10 nitrogen and oxygen atoms in total. The molecule has 3 aromatic rings. The second-order valence-corrected chi connectivity index (χ2v) is 9.51. The zero-order chi connectivity index (χ0) is 25.6. The van der Waals surface area contributed by atoms with E-state index in [2.05, 4.69) is 27.9 Å². The molecule has 0 radical (unpaired) electrons. The molecule has 12 heteroatoms. The highest BCUT2D eigenvalue weighted by atomic mass is 127. The standard InChI is InChI=1S/C23H16IN3O7S/c1-33-22-13-15(12-16(14-25)23(28)26-20-5-3-2-4-19(20)24)6-11-21(22)34-35(31,32)18-9-7-17(8-10-18)27(29)30/h2-13H,1H3,(H,26,28)/b16-12-. The van der Waals surface area contributed by atoms with Gasteiger partial charge in [0.1, 0.15) is 16.5 Å². The number of carbonyl (C=O) groups excluding carboxylic acids is 1. The number of non-ortho nitro benzene ring substituents is 1. The van der Waals surface area contributed by atoms with Crippen molar-refractivity contribution in [2.45, 2.75) is 4.90 Å². The van der Waals surface area contributed by atoms with Crippen molar-refractivity contribution >= 4 is 56.1 Å². The topological polar surface area (TPSA) is 149 Å². The van der Waals surface area contributed by atoms with Crippen LogP contribution in [0.1, 0.15) is 5.56 Å². The van der Waals surface area contributed by atoms with Crippen LogP contribution in [0.4, 0.5) is 11.4 Å². The first-order chi connectivity index (χ1) is 16.6. The third-order valence-electron chi connectivity index (χ3n) is 4.52. The number of ether oxygens (including phenoxy) is 1. The molecule has 0 aliphatic heterocycles. The highest BCUT2D eigenvalue weighted by Crippen LogP contribution is 2.32. The lowest BCUT2D eigenvalue weighted by Crippen LogP contribution is -2.14. The fourth-order valence-electron chi connectivity index (χ4n) is 2.81. The quantitative estimate of drug-likeness (QED) is 0.0984. The second-order valence-electron chi connectivity index (χ2n) is 6.80. The molecule has 0 aliphatic rings. The minimum absolute atomic E-state index is 0.0274. The molecule has 0 aromatic heterocycles. The van der Waals surface area contributed by atoms with E-state index in [0.29, 0.717) is 11.3 Å². The van der Waals surface area contributed by atoms with Gasteiger partial charge in [0.05, 0.1) is 17.7 Å². The van der Waals surface area contributed by atoms with Crippen molar-refractivity contribution in [3.63, 3.8) is 0 Å². The largest absolute Gasteiger partial charge is 0.493 e. The van der Waals surface area contributed by atoms with Gasteiger partial charge in [-0.25, -0.2) is 0 Å². The minimum Gasteiger partial charge on any atom is -0.493 e. The van der Waals surface area contributed by atoms with E-state index in [-0.39, 0.29) is 27.7 Å². The molecule has 0 aliphatic carbocycles. The number of anilines is 1. The highest BCUT2D eigenvalue weighted by molar-refractivity contribution is 14.1. The number of carbonyl (C=O) groups is 1. The van der Waals surface area contributed by atoms with Gasteiger partial charge in [-0.1, -0.05) is 18.2 Å². The van der Waals surface area contributed by atoms with Gasteiger partial charge in [-0.2, -0.15) is 13.7 Å². The molecule has 1 amide bonds. The zero-order valence-electron chi connectivity index (χ0n) is 18.0. The van der Waals surface area contributed by atoms with Crippen LogP contribution in [0.5, 0.6) is 11.5 Å². The molecular formula is C23H16IN3O7S. The molecule has 0 bridgehead atoms. The Hall–Kier alpha value is -3.96. The molecular weight excluding hydrogens is 589 g/mol. The SMILES string of the molecule is COc1cc(/C=C(/C#N)C(=O)Nc2ccccc2I)ccc1OS(=O)(=O)c1ccc([N+](=O)[O-])cc1. The van der Waals surface area contributed by atoms with Gasteiger partial charge in [-0.05, 0) is 70.6 Å². The summed E-state index contributed by atoms with van der Waals surface area (Å²) in [6, 6.07) is 17.3. The Labute approximate surface area is 214 Å². The molecule has 35 heavy (non-hydrogen) atoms. The number of hydrogen-bond acceptors (Lipinski definition) is 8. The minimum atomic E-state index is -4.32. The summed E-state index contributed by atoms with van der Waals surface area (Å²) in [6.45, 7) is 0. The van der Waals surface area contributed by atoms with Crippen molar-refractivity contribution in [1.29, 1.82) is 5.26 Å². The summed E-state index contributed by atoms with van der Waals surface area (Å²) in [5, 5.41) is 22.9. The van der Waals surface area contributed by atoms with Gasteiger partial charge in [-0.3, -0.25) is 14.9 Å².